The Labute approximate surface area is 105 Å². The summed E-state index contributed by atoms with van der Waals surface area (Å²) < 4.78 is 33.4. The molecular formula is C13H20F2O3. The summed E-state index contributed by atoms with van der Waals surface area (Å²) >= 11 is 0. The molecule has 3 nitrogen and oxygen atoms in total. The first kappa shape index (κ1) is 12.8. The second-order valence-electron chi connectivity index (χ2n) is 5.97. The summed E-state index contributed by atoms with van der Waals surface area (Å²) in [6, 6.07) is 0. The number of rotatable bonds is 0. The van der Waals surface area contributed by atoms with Crippen molar-refractivity contribution in [2.45, 2.75) is 56.3 Å². The van der Waals surface area contributed by atoms with Crippen LogP contribution in [0.3, 0.4) is 0 Å². The Kier molecular flexibility index (Phi) is 3.32. The molecule has 1 aliphatic heterocycles. The molecule has 0 bridgehead atoms. The second-order valence-corrected chi connectivity index (χ2v) is 5.97. The predicted octanol–water partition coefficient (Wildman–Crippen LogP) is 1.22. The zero-order valence-electron chi connectivity index (χ0n) is 10.2. The molecular weight excluding hydrogens is 242 g/mol. The van der Waals surface area contributed by atoms with E-state index in [0.29, 0.717) is 19.3 Å². The quantitative estimate of drug-likeness (QED) is 0.690. The monoisotopic (exact) mass is 262 g/mol. The summed E-state index contributed by atoms with van der Waals surface area (Å²) in [5.41, 5.74) is 0. The summed E-state index contributed by atoms with van der Waals surface area (Å²) in [4.78, 5) is 0. The van der Waals surface area contributed by atoms with Gasteiger partial charge in [0.2, 0.25) is 0 Å². The molecule has 2 aliphatic carbocycles. The van der Waals surface area contributed by atoms with Gasteiger partial charge < -0.3 is 14.9 Å². The van der Waals surface area contributed by atoms with Crippen molar-refractivity contribution >= 4 is 0 Å². The van der Waals surface area contributed by atoms with E-state index in [-0.39, 0.29) is 24.4 Å². The Morgan fingerprint density at radius 2 is 1.39 bits per heavy atom. The Morgan fingerprint density at radius 3 is 2.11 bits per heavy atom. The molecule has 1 saturated heterocycles. The third kappa shape index (κ3) is 1.87. The number of aliphatic hydroxyl groups is 2. The number of halogens is 2. The van der Waals surface area contributed by atoms with E-state index in [9.17, 15) is 19.0 Å². The van der Waals surface area contributed by atoms with Crippen molar-refractivity contribution in [3.8, 4) is 0 Å². The highest BCUT2D eigenvalue weighted by Crippen LogP contribution is 2.47. The molecule has 0 spiro atoms. The van der Waals surface area contributed by atoms with Crippen LogP contribution in [0.4, 0.5) is 8.78 Å². The van der Waals surface area contributed by atoms with Gasteiger partial charge in [0.25, 0.3) is 0 Å². The summed E-state index contributed by atoms with van der Waals surface area (Å²) in [7, 11) is 0. The number of aliphatic hydroxyl groups excluding tert-OH is 2. The molecule has 0 aromatic heterocycles. The molecule has 2 saturated carbocycles. The molecule has 1 heterocycles. The number of hydrogen-bond acceptors (Lipinski definition) is 3. The number of fused-ring (bicyclic) bond motifs is 3. The third-order valence-corrected chi connectivity index (χ3v) is 5.05. The zero-order chi connectivity index (χ0) is 12.9. The van der Waals surface area contributed by atoms with Gasteiger partial charge in [-0.15, -0.1) is 0 Å². The maximum absolute atomic E-state index is 14.0. The van der Waals surface area contributed by atoms with Crippen LogP contribution in [0.5, 0.6) is 0 Å². The van der Waals surface area contributed by atoms with E-state index in [1.54, 1.807) is 0 Å². The van der Waals surface area contributed by atoms with Crippen molar-refractivity contribution in [2.75, 3.05) is 6.61 Å². The minimum absolute atomic E-state index is 0.00657. The van der Waals surface area contributed by atoms with Gasteiger partial charge in [-0.1, -0.05) is 0 Å². The summed E-state index contributed by atoms with van der Waals surface area (Å²) in [6.45, 7) is 0.164. The van der Waals surface area contributed by atoms with Gasteiger partial charge in [-0.25, -0.2) is 8.78 Å². The fourth-order valence-electron chi connectivity index (χ4n) is 4.04. The van der Waals surface area contributed by atoms with Gasteiger partial charge in [-0.3, -0.25) is 0 Å². The Balaban J connectivity index is 1.78. The SMILES string of the molecule is OC1CCC2C(COC3C(F)C(O)CCC23)C1F. The molecule has 3 fully saturated rings. The molecule has 8 unspecified atom stereocenters. The number of ether oxygens (including phenoxy) is 1. The van der Waals surface area contributed by atoms with Crippen LogP contribution in [0.1, 0.15) is 25.7 Å². The molecule has 3 aliphatic rings. The van der Waals surface area contributed by atoms with Gasteiger partial charge in [0.15, 0.2) is 6.17 Å². The van der Waals surface area contributed by atoms with Crippen LogP contribution in [-0.2, 0) is 4.74 Å². The van der Waals surface area contributed by atoms with Crippen molar-refractivity contribution in [2.24, 2.45) is 17.8 Å². The lowest BCUT2D eigenvalue weighted by molar-refractivity contribution is -0.195. The first-order valence-electron chi connectivity index (χ1n) is 6.85. The largest absolute Gasteiger partial charge is 0.390 e. The van der Waals surface area contributed by atoms with Crippen LogP contribution in [0.25, 0.3) is 0 Å². The number of hydrogen-bond donors (Lipinski definition) is 2. The van der Waals surface area contributed by atoms with Crippen LogP contribution in [0.2, 0.25) is 0 Å². The summed E-state index contributed by atoms with van der Waals surface area (Å²) in [5, 5.41) is 19.1. The van der Waals surface area contributed by atoms with Gasteiger partial charge in [0.1, 0.15) is 6.17 Å². The van der Waals surface area contributed by atoms with Crippen LogP contribution in [0.15, 0.2) is 0 Å². The predicted molar refractivity (Wildman–Crippen MR) is 60.5 cm³/mol. The fraction of sp³-hybridized carbons (Fsp3) is 1.00. The normalized spacial score (nSPS) is 56.7. The van der Waals surface area contributed by atoms with E-state index in [2.05, 4.69) is 0 Å². The Morgan fingerprint density at radius 1 is 0.778 bits per heavy atom. The van der Waals surface area contributed by atoms with Crippen LogP contribution in [-0.4, -0.2) is 47.5 Å². The molecule has 0 aromatic carbocycles. The third-order valence-electron chi connectivity index (χ3n) is 5.05. The van der Waals surface area contributed by atoms with Crippen LogP contribution >= 0.6 is 0 Å². The lowest BCUT2D eigenvalue weighted by atomic mass is 9.63. The van der Waals surface area contributed by atoms with Crippen LogP contribution in [0, 0.1) is 17.8 Å². The van der Waals surface area contributed by atoms with Gasteiger partial charge in [0.05, 0.1) is 24.9 Å². The van der Waals surface area contributed by atoms with Crippen molar-refractivity contribution in [1.82, 2.24) is 0 Å². The van der Waals surface area contributed by atoms with Crippen molar-refractivity contribution in [3.63, 3.8) is 0 Å². The van der Waals surface area contributed by atoms with E-state index >= 15 is 0 Å². The molecule has 8 atom stereocenters. The topological polar surface area (TPSA) is 49.7 Å². The van der Waals surface area contributed by atoms with Crippen molar-refractivity contribution in [1.29, 1.82) is 0 Å². The minimum Gasteiger partial charge on any atom is -0.390 e. The average Bonchev–Trinajstić information content (AvgIpc) is 2.38. The van der Waals surface area contributed by atoms with Crippen LogP contribution < -0.4 is 0 Å². The lowest BCUT2D eigenvalue weighted by Gasteiger charge is -2.51. The smallest absolute Gasteiger partial charge is 0.152 e. The minimum atomic E-state index is -1.35. The van der Waals surface area contributed by atoms with Crippen molar-refractivity contribution < 1.29 is 23.7 Å². The van der Waals surface area contributed by atoms with Gasteiger partial charge in [0, 0.05) is 5.92 Å². The molecule has 2 N–H and O–H groups in total. The van der Waals surface area contributed by atoms with E-state index in [1.165, 1.54) is 0 Å². The summed E-state index contributed by atoms with van der Waals surface area (Å²) in [5.74, 6) is -0.224. The van der Waals surface area contributed by atoms with Gasteiger partial charge in [-0.05, 0) is 37.5 Å². The van der Waals surface area contributed by atoms with E-state index < -0.39 is 30.7 Å². The molecule has 5 heteroatoms. The van der Waals surface area contributed by atoms with E-state index in [4.69, 9.17) is 4.74 Å². The number of alkyl halides is 2. The maximum atomic E-state index is 14.0. The molecule has 3 rings (SSSR count). The average molecular weight is 262 g/mol. The molecule has 0 radical (unpaired) electrons. The van der Waals surface area contributed by atoms with Crippen molar-refractivity contribution in [3.05, 3.63) is 0 Å². The molecule has 0 aromatic rings. The first-order chi connectivity index (χ1) is 8.59. The Bertz CT molecular complexity index is 285. The van der Waals surface area contributed by atoms with Gasteiger partial charge >= 0.3 is 0 Å². The highest BCUT2D eigenvalue weighted by molar-refractivity contribution is 5.00. The van der Waals surface area contributed by atoms with Gasteiger partial charge in [-0.2, -0.15) is 0 Å². The Hall–Kier alpha value is -0.260. The highest BCUT2D eigenvalue weighted by Gasteiger charge is 2.52. The van der Waals surface area contributed by atoms with E-state index in [0.717, 1.165) is 6.42 Å². The standard InChI is InChI=1S/C13H20F2O3/c14-11-8-5-18-13-7(2-4-10(17)12(13)15)6(8)1-3-9(11)16/h6-13,16-17H,1-5H2. The zero-order valence-corrected chi connectivity index (χ0v) is 10.2. The maximum Gasteiger partial charge on any atom is 0.152 e. The molecule has 18 heavy (non-hydrogen) atoms. The first-order valence-corrected chi connectivity index (χ1v) is 6.85. The fourth-order valence-corrected chi connectivity index (χ4v) is 4.04. The molecule has 0 amide bonds. The second kappa shape index (κ2) is 4.69. The highest BCUT2D eigenvalue weighted by atomic mass is 19.1. The molecule has 104 valence electrons. The lowest BCUT2D eigenvalue weighted by Crippen LogP contribution is -2.57. The summed E-state index contributed by atoms with van der Waals surface area (Å²) in [6.07, 6.45) is -2.74. The van der Waals surface area contributed by atoms with E-state index in [1.807, 2.05) is 0 Å².